The Balaban J connectivity index is 1.78. The SMILES string of the molecule is COc1cc(C(=O)N2CCCC2)cc(NC(=O)C2CC(=O)N(CCN(C)C)C2)c1OC. The molecule has 1 atom stereocenters. The maximum absolute atomic E-state index is 13.0. The van der Waals surface area contributed by atoms with Gasteiger partial charge in [0.25, 0.3) is 5.91 Å². The van der Waals surface area contributed by atoms with Crippen LogP contribution in [0.1, 0.15) is 29.6 Å². The highest BCUT2D eigenvalue weighted by Gasteiger charge is 2.35. The molecular formula is C22H32N4O5. The number of amides is 3. The number of rotatable bonds is 8. The molecule has 2 aliphatic heterocycles. The Bertz CT molecular complexity index is 835. The van der Waals surface area contributed by atoms with Gasteiger partial charge in [-0.25, -0.2) is 0 Å². The van der Waals surface area contributed by atoms with Crippen LogP contribution >= 0.6 is 0 Å². The lowest BCUT2D eigenvalue weighted by molar-refractivity contribution is -0.128. The van der Waals surface area contributed by atoms with Crippen LogP contribution in [0.15, 0.2) is 12.1 Å². The molecule has 1 unspecified atom stereocenters. The summed E-state index contributed by atoms with van der Waals surface area (Å²) in [6.45, 7) is 3.16. The number of likely N-dealkylation sites (tertiary alicyclic amines) is 2. The van der Waals surface area contributed by atoms with Crippen LogP contribution in [0.25, 0.3) is 0 Å². The third kappa shape index (κ3) is 5.28. The minimum Gasteiger partial charge on any atom is -0.493 e. The smallest absolute Gasteiger partial charge is 0.254 e. The molecule has 2 saturated heterocycles. The van der Waals surface area contributed by atoms with E-state index < -0.39 is 5.92 Å². The van der Waals surface area contributed by atoms with Gasteiger partial charge in [0.15, 0.2) is 11.5 Å². The third-order valence-electron chi connectivity index (χ3n) is 5.78. The van der Waals surface area contributed by atoms with Crippen molar-refractivity contribution in [3.05, 3.63) is 17.7 Å². The largest absolute Gasteiger partial charge is 0.493 e. The molecule has 3 amide bonds. The fourth-order valence-corrected chi connectivity index (χ4v) is 4.00. The van der Waals surface area contributed by atoms with Crippen molar-refractivity contribution in [3.8, 4) is 11.5 Å². The van der Waals surface area contributed by atoms with Gasteiger partial charge >= 0.3 is 0 Å². The highest BCUT2D eigenvalue weighted by Crippen LogP contribution is 2.37. The van der Waals surface area contributed by atoms with Gasteiger partial charge in [-0.2, -0.15) is 0 Å². The van der Waals surface area contributed by atoms with E-state index in [1.54, 1.807) is 21.9 Å². The highest BCUT2D eigenvalue weighted by atomic mass is 16.5. The number of nitrogens with zero attached hydrogens (tertiary/aromatic N) is 3. The predicted octanol–water partition coefficient (Wildman–Crippen LogP) is 1.29. The molecule has 0 aromatic heterocycles. The van der Waals surface area contributed by atoms with Gasteiger partial charge in [-0.1, -0.05) is 0 Å². The zero-order valence-electron chi connectivity index (χ0n) is 18.8. The molecule has 0 bridgehead atoms. The zero-order valence-corrected chi connectivity index (χ0v) is 18.8. The Morgan fingerprint density at radius 1 is 1.16 bits per heavy atom. The molecule has 170 valence electrons. The summed E-state index contributed by atoms with van der Waals surface area (Å²) in [6, 6.07) is 3.26. The lowest BCUT2D eigenvalue weighted by atomic mass is 10.1. The van der Waals surface area contributed by atoms with Crippen LogP contribution in [-0.4, -0.2) is 93.5 Å². The van der Waals surface area contributed by atoms with Gasteiger partial charge < -0.3 is 29.5 Å². The first-order valence-corrected chi connectivity index (χ1v) is 10.6. The summed E-state index contributed by atoms with van der Waals surface area (Å²) in [7, 11) is 6.87. The Morgan fingerprint density at radius 2 is 1.87 bits per heavy atom. The molecule has 1 aromatic rings. The van der Waals surface area contributed by atoms with Gasteiger partial charge in [-0.15, -0.1) is 0 Å². The van der Waals surface area contributed by atoms with E-state index in [0.29, 0.717) is 35.8 Å². The minimum absolute atomic E-state index is 0.0236. The van der Waals surface area contributed by atoms with Gasteiger partial charge in [0, 0.05) is 44.7 Å². The van der Waals surface area contributed by atoms with Crippen LogP contribution in [-0.2, 0) is 9.59 Å². The second-order valence-corrected chi connectivity index (χ2v) is 8.29. The van der Waals surface area contributed by atoms with Crippen LogP contribution < -0.4 is 14.8 Å². The first kappa shape index (κ1) is 22.9. The number of hydrogen-bond acceptors (Lipinski definition) is 6. The molecule has 9 nitrogen and oxygen atoms in total. The number of carbonyl (C=O) groups is 3. The molecule has 31 heavy (non-hydrogen) atoms. The summed E-state index contributed by atoms with van der Waals surface area (Å²) in [5, 5.41) is 2.87. The van der Waals surface area contributed by atoms with Crippen molar-refractivity contribution in [2.24, 2.45) is 5.92 Å². The summed E-state index contributed by atoms with van der Waals surface area (Å²) >= 11 is 0. The van der Waals surface area contributed by atoms with E-state index in [-0.39, 0.29) is 24.1 Å². The molecule has 3 rings (SSSR count). The van der Waals surface area contributed by atoms with Crippen molar-refractivity contribution >= 4 is 23.4 Å². The molecule has 2 heterocycles. The quantitative estimate of drug-likeness (QED) is 0.666. The van der Waals surface area contributed by atoms with Crippen LogP contribution in [0.5, 0.6) is 11.5 Å². The van der Waals surface area contributed by atoms with Crippen molar-refractivity contribution in [1.82, 2.24) is 14.7 Å². The maximum Gasteiger partial charge on any atom is 0.254 e. The molecular weight excluding hydrogens is 400 g/mol. The molecule has 2 fully saturated rings. The third-order valence-corrected chi connectivity index (χ3v) is 5.78. The van der Waals surface area contributed by atoms with E-state index in [4.69, 9.17) is 9.47 Å². The second kappa shape index (κ2) is 10.00. The van der Waals surface area contributed by atoms with Crippen LogP contribution in [0.3, 0.4) is 0 Å². The Morgan fingerprint density at radius 3 is 2.48 bits per heavy atom. The molecule has 0 aliphatic carbocycles. The average molecular weight is 433 g/mol. The number of carbonyl (C=O) groups excluding carboxylic acids is 3. The summed E-state index contributed by atoms with van der Waals surface area (Å²) in [5.41, 5.74) is 0.804. The summed E-state index contributed by atoms with van der Waals surface area (Å²) < 4.78 is 10.9. The van der Waals surface area contributed by atoms with Crippen LogP contribution in [0, 0.1) is 5.92 Å². The summed E-state index contributed by atoms with van der Waals surface area (Å²) in [6.07, 6.45) is 2.15. The molecule has 2 aliphatic rings. The molecule has 0 saturated carbocycles. The van der Waals surface area contributed by atoms with Crippen molar-refractivity contribution in [3.63, 3.8) is 0 Å². The fourth-order valence-electron chi connectivity index (χ4n) is 4.00. The average Bonchev–Trinajstić information content (AvgIpc) is 3.41. The van der Waals surface area contributed by atoms with E-state index >= 15 is 0 Å². The predicted molar refractivity (Wildman–Crippen MR) is 117 cm³/mol. The number of anilines is 1. The van der Waals surface area contributed by atoms with Crippen molar-refractivity contribution in [1.29, 1.82) is 0 Å². The maximum atomic E-state index is 13.0. The molecule has 1 aromatic carbocycles. The number of methoxy groups -OCH3 is 2. The van der Waals surface area contributed by atoms with E-state index in [1.165, 1.54) is 14.2 Å². The first-order chi connectivity index (χ1) is 14.8. The zero-order chi connectivity index (χ0) is 22.5. The monoisotopic (exact) mass is 432 g/mol. The standard InChI is InChI=1S/C22H32N4O5/c1-24(2)9-10-26-14-16(13-19(26)27)21(28)23-17-11-15(12-18(30-3)20(17)31-4)22(29)25-7-5-6-8-25/h11-12,16H,5-10,13-14H2,1-4H3,(H,23,28). The van der Waals surface area contributed by atoms with Crippen molar-refractivity contribution in [2.45, 2.75) is 19.3 Å². The summed E-state index contributed by atoms with van der Waals surface area (Å²) in [5.74, 6) is -0.125. The first-order valence-electron chi connectivity index (χ1n) is 10.6. The topological polar surface area (TPSA) is 91.4 Å². The molecule has 0 spiro atoms. The van der Waals surface area contributed by atoms with Gasteiger partial charge in [0.1, 0.15) is 0 Å². The normalized spacial score (nSPS) is 18.6. The second-order valence-electron chi connectivity index (χ2n) is 8.29. The number of hydrogen-bond donors (Lipinski definition) is 1. The van der Waals surface area contributed by atoms with Gasteiger partial charge in [0.2, 0.25) is 11.8 Å². The number of benzene rings is 1. The minimum atomic E-state index is -0.455. The number of likely N-dealkylation sites (N-methyl/N-ethyl adjacent to an activating group) is 1. The number of nitrogens with one attached hydrogen (secondary N) is 1. The van der Waals surface area contributed by atoms with Gasteiger partial charge in [-0.05, 0) is 39.1 Å². The Hall–Kier alpha value is -2.81. The number of ether oxygens (including phenoxy) is 2. The van der Waals surface area contributed by atoms with Crippen LogP contribution in [0.2, 0.25) is 0 Å². The van der Waals surface area contributed by atoms with E-state index in [1.807, 2.05) is 19.0 Å². The highest BCUT2D eigenvalue weighted by molar-refractivity contribution is 6.01. The van der Waals surface area contributed by atoms with Gasteiger partial charge in [-0.3, -0.25) is 14.4 Å². The van der Waals surface area contributed by atoms with Gasteiger partial charge in [0.05, 0.1) is 25.8 Å². The fraction of sp³-hybridized carbons (Fsp3) is 0.591. The lowest BCUT2D eigenvalue weighted by Crippen LogP contribution is -2.34. The molecule has 0 radical (unpaired) electrons. The van der Waals surface area contributed by atoms with E-state index in [0.717, 1.165) is 32.5 Å². The van der Waals surface area contributed by atoms with E-state index in [2.05, 4.69) is 5.32 Å². The summed E-state index contributed by atoms with van der Waals surface area (Å²) in [4.78, 5) is 43.7. The van der Waals surface area contributed by atoms with E-state index in [9.17, 15) is 14.4 Å². The molecule has 1 N–H and O–H groups in total. The lowest BCUT2D eigenvalue weighted by Gasteiger charge is -2.20. The van der Waals surface area contributed by atoms with Crippen molar-refractivity contribution in [2.75, 3.05) is 66.4 Å². The van der Waals surface area contributed by atoms with Crippen LogP contribution in [0.4, 0.5) is 5.69 Å². The molecule has 9 heteroatoms. The Labute approximate surface area is 183 Å². The Kier molecular flexibility index (Phi) is 7.37. The van der Waals surface area contributed by atoms with Crippen molar-refractivity contribution < 1.29 is 23.9 Å².